The summed E-state index contributed by atoms with van der Waals surface area (Å²) in [6.45, 7) is 11.6. The molecule has 0 aromatic carbocycles. The zero-order valence-corrected chi connectivity index (χ0v) is 16.3. The van der Waals surface area contributed by atoms with Gasteiger partial charge >= 0.3 is 0 Å². The molecule has 0 radical (unpaired) electrons. The Morgan fingerprint density at radius 3 is 2.77 bits per heavy atom. The molecular weight excluding hydrogens is 326 g/mol. The number of likely N-dealkylation sites (tertiary alicyclic amines) is 1. The third-order valence-electron chi connectivity index (χ3n) is 6.84. The molecule has 1 aromatic rings. The summed E-state index contributed by atoms with van der Waals surface area (Å²) in [6, 6.07) is 0. The molecule has 2 N–H and O–H groups in total. The molecule has 2 unspecified atom stereocenters. The highest BCUT2D eigenvalue weighted by molar-refractivity contribution is 5.73. The fourth-order valence-electron chi connectivity index (χ4n) is 4.98. The molecule has 4 heterocycles. The first-order chi connectivity index (χ1) is 12.6. The second kappa shape index (κ2) is 7.69. The van der Waals surface area contributed by atoms with Crippen molar-refractivity contribution in [1.82, 2.24) is 25.3 Å². The number of amides is 1. The fraction of sp³-hybridized carbons (Fsp3) is 0.800. The van der Waals surface area contributed by atoms with Gasteiger partial charge in [-0.15, -0.1) is 0 Å². The van der Waals surface area contributed by atoms with Crippen LogP contribution in [0.25, 0.3) is 0 Å². The van der Waals surface area contributed by atoms with Crippen LogP contribution in [-0.2, 0) is 17.8 Å². The van der Waals surface area contributed by atoms with Crippen molar-refractivity contribution in [2.45, 2.75) is 52.0 Å². The van der Waals surface area contributed by atoms with Crippen molar-refractivity contribution in [3.8, 4) is 0 Å². The average molecular weight is 360 g/mol. The van der Waals surface area contributed by atoms with Gasteiger partial charge in [0.25, 0.3) is 0 Å². The van der Waals surface area contributed by atoms with Crippen molar-refractivity contribution >= 4 is 5.91 Å². The van der Waals surface area contributed by atoms with E-state index in [9.17, 15) is 4.79 Å². The number of aromatic amines is 1. The van der Waals surface area contributed by atoms with Gasteiger partial charge in [-0.3, -0.25) is 9.89 Å². The molecule has 1 aromatic heterocycles. The van der Waals surface area contributed by atoms with Crippen molar-refractivity contribution in [3.63, 3.8) is 0 Å². The molecule has 0 bridgehead atoms. The van der Waals surface area contributed by atoms with Gasteiger partial charge in [-0.05, 0) is 57.3 Å². The third-order valence-corrected chi connectivity index (χ3v) is 6.84. The second-order valence-corrected chi connectivity index (χ2v) is 8.56. The number of hydrogen-bond acceptors (Lipinski definition) is 4. The summed E-state index contributed by atoms with van der Waals surface area (Å²) in [5, 5.41) is 11.4. The van der Waals surface area contributed by atoms with Crippen LogP contribution in [0.2, 0.25) is 0 Å². The third kappa shape index (κ3) is 3.67. The van der Waals surface area contributed by atoms with Gasteiger partial charge in [-0.1, -0.05) is 6.92 Å². The quantitative estimate of drug-likeness (QED) is 0.863. The molecule has 6 nitrogen and oxygen atoms in total. The predicted molar refractivity (Wildman–Crippen MR) is 102 cm³/mol. The number of piperidine rings is 2. The van der Waals surface area contributed by atoms with E-state index in [1.54, 1.807) is 6.92 Å². The van der Waals surface area contributed by atoms with Crippen LogP contribution < -0.4 is 5.32 Å². The highest BCUT2D eigenvalue weighted by Gasteiger charge is 2.31. The number of rotatable bonds is 3. The Balaban J connectivity index is 1.35. The Labute approximate surface area is 156 Å². The van der Waals surface area contributed by atoms with Gasteiger partial charge in [-0.25, -0.2) is 0 Å². The van der Waals surface area contributed by atoms with Crippen molar-refractivity contribution in [3.05, 3.63) is 17.0 Å². The van der Waals surface area contributed by atoms with Gasteiger partial charge in [0.1, 0.15) is 0 Å². The number of fused-ring (bicyclic) bond motifs is 1. The molecule has 1 amide bonds. The number of hydrogen-bond donors (Lipinski definition) is 2. The molecule has 2 atom stereocenters. The Morgan fingerprint density at radius 2 is 2.04 bits per heavy atom. The molecule has 6 heteroatoms. The van der Waals surface area contributed by atoms with Crippen LogP contribution in [-0.4, -0.2) is 65.2 Å². The van der Waals surface area contributed by atoms with Crippen LogP contribution in [0.3, 0.4) is 0 Å². The van der Waals surface area contributed by atoms with E-state index >= 15 is 0 Å². The van der Waals surface area contributed by atoms with Crippen LogP contribution >= 0.6 is 0 Å². The summed E-state index contributed by atoms with van der Waals surface area (Å²) in [6.07, 6.45) is 4.61. The molecular formula is C20H33N5O. The maximum atomic E-state index is 11.8. The number of aromatic nitrogens is 2. The van der Waals surface area contributed by atoms with E-state index in [0.29, 0.717) is 5.92 Å². The zero-order chi connectivity index (χ0) is 18.1. The van der Waals surface area contributed by atoms with E-state index < -0.39 is 0 Å². The smallest absolute Gasteiger partial charge is 0.219 e. The molecule has 0 saturated carbocycles. The maximum absolute atomic E-state index is 11.8. The van der Waals surface area contributed by atoms with Gasteiger partial charge in [0.05, 0.1) is 5.69 Å². The minimum absolute atomic E-state index is 0.175. The predicted octanol–water partition coefficient (Wildman–Crippen LogP) is 1.74. The van der Waals surface area contributed by atoms with E-state index in [-0.39, 0.29) is 5.91 Å². The average Bonchev–Trinajstić information content (AvgIpc) is 3.07. The van der Waals surface area contributed by atoms with E-state index in [1.807, 2.05) is 4.90 Å². The Morgan fingerprint density at radius 1 is 1.23 bits per heavy atom. The van der Waals surface area contributed by atoms with Gasteiger partial charge < -0.3 is 15.1 Å². The molecule has 26 heavy (non-hydrogen) atoms. The standard InChI is InChI=1S/C20H33N5O/c1-14-11-21-7-3-17(14)12-24-8-4-16(5-9-24)20-18-13-25(15(2)26)10-6-19(18)22-23-20/h14,16-17,21H,3-13H2,1-2H3,(H,22,23). The van der Waals surface area contributed by atoms with Crippen LogP contribution in [0.15, 0.2) is 0 Å². The fourth-order valence-corrected chi connectivity index (χ4v) is 4.98. The summed E-state index contributed by atoms with van der Waals surface area (Å²) < 4.78 is 0. The van der Waals surface area contributed by atoms with Crippen molar-refractivity contribution in [1.29, 1.82) is 0 Å². The molecule has 2 saturated heterocycles. The van der Waals surface area contributed by atoms with Crippen molar-refractivity contribution < 1.29 is 4.79 Å². The summed E-state index contributed by atoms with van der Waals surface area (Å²) in [5.41, 5.74) is 3.79. The molecule has 3 aliphatic rings. The SMILES string of the molecule is CC(=O)N1CCc2[nH]nc(C3CCN(CC4CCNCC4C)CC3)c2C1. The molecule has 0 spiro atoms. The normalized spacial score (nSPS) is 28.2. The first-order valence-corrected chi connectivity index (χ1v) is 10.4. The number of carbonyl (C=O) groups is 1. The number of nitrogens with zero attached hydrogens (tertiary/aromatic N) is 3. The Kier molecular flexibility index (Phi) is 5.32. The summed E-state index contributed by atoms with van der Waals surface area (Å²) >= 11 is 0. The minimum Gasteiger partial charge on any atom is -0.338 e. The lowest BCUT2D eigenvalue weighted by atomic mass is 9.85. The van der Waals surface area contributed by atoms with Gasteiger partial charge in [-0.2, -0.15) is 5.10 Å². The zero-order valence-electron chi connectivity index (χ0n) is 16.3. The largest absolute Gasteiger partial charge is 0.338 e. The lowest BCUT2D eigenvalue weighted by molar-refractivity contribution is -0.129. The van der Waals surface area contributed by atoms with E-state index in [0.717, 1.165) is 31.3 Å². The molecule has 144 valence electrons. The highest BCUT2D eigenvalue weighted by atomic mass is 16.2. The molecule has 3 aliphatic heterocycles. The van der Waals surface area contributed by atoms with Gasteiger partial charge in [0, 0.05) is 50.2 Å². The molecule has 2 fully saturated rings. The van der Waals surface area contributed by atoms with Crippen LogP contribution in [0.1, 0.15) is 56.0 Å². The molecule has 0 aliphatic carbocycles. The van der Waals surface area contributed by atoms with Crippen molar-refractivity contribution in [2.24, 2.45) is 11.8 Å². The van der Waals surface area contributed by atoms with Crippen LogP contribution in [0.5, 0.6) is 0 Å². The molecule has 4 rings (SSSR count). The van der Waals surface area contributed by atoms with Crippen LogP contribution in [0, 0.1) is 11.8 Å². The lowest BCUT2D eigenvalue weighted by Gasteiger charge is -2.38. The number of H-pyrrole nitrogens is 1. The van der Waals surface area contributed by atoms with Gasteiger partial charge in [0.2, 0.25) is 5.91 Å². The summed E-state index contributed by atoms with van der Waals surface area (Å²) in [4.78, 5) is 16.4. The highest BCUT2D eigenvalue weighted by Crippen LogP contribution is 2.33. The van der Waals surface area contributed by atoms with Crippen LogP contribution in [0.4, 0.5) is 0 Å². The van der Waals surface area contributed by atoms with E-state index in [4.69, 9.17) is 0 Å². The van der Waals surface area contributed by atoms with Crippen molar-refractivity contribution in [2.75, 3.05) is 39.3 Å². The number of carbonyl (C=O) groups excluding carboxylic acids is 1. The van der Waals surface area contributed by atoms with Gasteiger partial charge in [0.15, 0.2) is 0 Å². The monoisotopic (exact) mass is 359 g/mol. The second-order valence-electron chi connectivity index (χ2n) is 8.56. The van der Waals surface area contributed by atoms with E-state index in [1.165, 1.54) is 68.9 Å². The topological polar surface area (TPSA) is 64.3 Å². The summed E-state index contributed by atoms with van der Waals surface area (Å²) in [7, 11) is 0. The Bertz CT molecular complexity index is 634. The summed E-state index contributed by atoms with van der Waals surface area (Å²) in [5.74, 6) is 2.35. The van der Waals surface area contributed by atoms with E-state index in [2.05, 4.69) is 27.3 Å². The minimum atomic E-state index is 0.175. The maximum Gasteiger partial charge on any atom is 0.219 e. The lowest BCUT2D eigenvalue weighted by Crippen LogP contribution is -2.43. The number of nitrogens with one attached hydrogen (secondary N) is 2. The first-order valence-electron chi connectivity index (χ1n) is 10.4. The Hall–Kier alpha value is -1.40. The first kappa shape index (κ1) is 18.0.